The van der Waals surface area contributed by atoms with Gasteiger partial charge in [-0.2, -0.15) is 0 Å². The molecule has 0 amide bonds. The van der Waals surface area contributed by atoms with E-state index < -0.39 is 0 Å². The van der Waals surface area contributed by atoms with Crippen LogP contribution in [0.2, 0.25) is 0 Å². The summed E-state index contributed by atoms with van der Waals surface area (Å²) in [5.74, 6) is 0.872. The molecule has 0 unspecified atom stereocenters. The van der Waals surface area contributed by atoms with Gasteiger partial charge in [-0.05, 0) is 29.2 Å². The first-order valence-corrected chi connectivity index (χ1v) is 11.8. The van der Waals surface area contributed by atoms with E-state index in [0.29, 0.717) is 36.6 Å². The van der Waals surface area contributed by atoms with Crippen LogP contribution in [-0.2, 0) is 30.9 Å². The topological polar surface area (TPSA) is 81.9 Å². The van der Waals surface area contributed by atoms with E-state index in [9.17, 15) is 9.59 Å². The molecular formula is C25H27BrN4O3. The number of nitrogens with zero attached hydrogens (tertiary/aromatic N) is 3. The molecule has 0 spiro atoms. The van der Waals surface area contributed by atoms with Crippen LogP contribution in [0.25, 0.3) is 11.2 Å². The second kappa shape index (κ2) is 10.3. The van der Waals surface area contributed by atoms with Crippen molar-refractivity contribution in [2.45, 2.75) is 40.0 Å². The Morgan fingerprint density at radius 1 is 1.00 bits per heavy atom. The fourth-order valence-electron chi connectivity index (χ4n) is 3.74. The highest BCUT2D eigenvalue weighted by Crippen LogP contribution is 2.15. The summed E-state index contributed by atoms with van der Waals surface area (Å²) in [5, 5.41) is 0. The number of nitrogens with one attached hydrogen (secondary N) is 1. The minimum absolute atomic E-state index is 0.180. The third kappa shape index (κ3) is 5.51. The molecule has 7 nitrogen and oxygen atoms in total. The largest absolute Gasteiger partial charge is 0.375 e. The summed E-state index contributed by atoms with van der Waals surface area (Å²) in [7, 11) is 0. The van der Waals surface area contributed by atoms with Gasteiger partial charge in [0.15, 0.2) is 5.65 Å². The van der Waals surface area contributed by atoms with Gasteiger partial charge in [-0.1, -0.05) is 72.2 Å². The molecule has 1 N–H and O–H groups in total. The summed E-state index contributed by atoms with van der Waals surface area (Å²) in [6.07, 6.45) is 0.539. The van der Waals surface area contributed by atoms with Crippen molar-refractivity contribution >= 4 is 27.1 Å². The molecule has 2 heterocycles. The summed E-state index contributed by atoms with van der Waals surface area (Å²) < 4.78 is 9.57. The maximum atomic E-state index is 13.2. The number of halogens is 1. The highest BCUT2D eigenvalue weighted by atomic mass is 79.9. The van der Waals surface area contributed by atoms with Crippen molar-refractivity contribution in [1.29, 1.82) is 0 Å². The maximum absolute atomic E-state index is 13.2. The molecular weight excluding hydrogens is 484 g/mol. The van der Waals surface area contributed by atoms with Gasteiger partial charge < -0.3 is 9.72 Å². The molecule has 0 saturated heterocycles. The van der Waals surface area contributed by atoms with E-state index in [1.165, 1.54) is 4.57 Å². The van der Waals surface area contributed by atoms with E-state index in [1.807, 2.05) is 68.4 Å². The van der Waals surface area contributed by atoms with Gasteiger partial charge in [0.25, 0.3) is 5.56 Å². The van der Waals surface area contributed by atoms with Gasteiger partial charge in [0, 0.05) is 17.4 Å². The maximum Gasteiger partial charge on any atom is 0.332 e. The number of aromatic nitrogens is 4. The van der Waals surface area contributed by atoms with E-state index >= 15 is 0 Å². The van der Waals surface area contributed by atoms with Crippen molar-refractivity contribution in [3.8, 4) is 0 Å². The summed E-state index contributed by atoms with van der Waals surface area (Å²) in [4.78, 5) is 34.2. The van der Waals surface area contributed by atoms with Crippen molar-refractivity contribution in [3.05, 3.63) is 96.9 Å². The van der Waals surface area contributed by atoms with Gasteiger partial charge >= 0.3 is 5.69 Å². The van der Waals surface area contributed by atoms with Crippen LogP contribution in [-0.4, -0.2) is 25.7 Å². The van der Waals surface area contributed by atoms with Crippen LogP contribution in [0.3, 0.4) is 0 Å². The molecule has 4 rings (SSSR count). The van der Waals surface area contributed by atoms with Crippen molar-refractivity contribution in [2.75, 3.05) is 6.61 Å². The third-order valence-electron chi connectivity index (χ3n) is 5.31. The zero-order valence-electron chi connectivity index (χ0n) is 18.8. The lowest BCUT2D eigenvalue weighted by Gasteiger charge is -2.13. The second-order valence-electron chi connectivity index (χ2n) is 8.47. The zero-order valence-corrected chi connectivity index (χ0v) is 20.3. The van der Waals surface area contributed by atoms with E-state index in [-0.39, 0.29) is 30.3 Å². The van der Waals surface area contributed by atoms with Gasteiger partial charge in [-0.3, -0.25) is 13.9 Å². The lowest BCUT2D eigenvalue weighted by atomic mass is 10.1. The number of rotatable bonds is 9. The monoisotopic (exact) mass is 510 g/mol. The molecule has 0 fully saturated rings. The lowest BCUT2D eigenvalue weighted by molar-refractivity contribution is 0.111. The molecule has 0 atom stereocenters. The standard InChI is InChI=1S/C25H27BrN4O3/c1-17(2)15-30-23-22(27-21(28-23)14-18-8-10-20(26)11-9-18)24(31)29(25(30)32)12-13-33-16-19-6-4-3-5-7-19/h3-11,17H,12-16H2,1-2H3,(H,27,28). The van der Waals surface area contributed by atoms with Gasteiger partial charge in [0.05, 0.1) is 19.8 Å². The number of ether oxygens (including phenoxy) is 1. The van der Waals surface area contributed by atoms with Gasteiger partial charge in [0.1, 0.15) is 11.3 Å². The average Bonchev–Trinajstić information content (AvgIpc) is 3.22. The van der Waals surface area contributed by atoms with Gasteiger partial charge in [-0.25, -0.2) is 9.78 Å². The van der Waals surface area contributed by atoms with Crippen molar-refractivity contribution < 1.29 is 4.74 Å². The number of benzene rings is 2. The molecule has 4 aromatic rings. The highest BCUT2D eigenvalue weighted by Gasteiger charge is 2.18. The van der Waals surface area contributed by atoms with E-state index in [2.05, 4.69) is 25.9 Å². The first-order chi connectivity index (χ1) is 15.9. The number of imidazole rings is 1. The molecule has 0 aliphatic carbocycles. The van der Waals surface area contributed by atoms with Crippen molar-refractivity contribution in [1.82, 2.24) is 19.1 Å². The Morgan fingerprint density at radius 3 is 2.42 bits per heavy atom. The SMILES string of the molecule is CC(C)Cn1c(=O)n(CCOCc2ccccc2)c(=O)c2[nH]c(Cc3ccc(Br)cc3)nc21. The molecule has 0 aliphatic rings. The molecule has 0 radical (unpaired) electrons. The molecule has 0 bridgehead atoms. The fourth-order valence-corrected chi connectivity index (χ4v) is 4.01. The average molecular weight is 511 g/mol. The second-order valence-corrected chi connectivity index (χ2v) is 9.38. The quantitative estimate of drug-likeness (QED) is 0.343. The predicted molar refractivity (Wildman–Crippen MR) is 132 cm³/mol. The molecule has 0 aliphatic heterocycles. The Balaban J connectivity index is 1.62. The third-order valence-corrected chi connectivity index (χ3v) is 5.84. The highest BCUT2D eigenvalue weighted by molar-refractivity contribution is 9.10. The summed E-state index contributed by atoms with van der Waals surface area (Å²) in [5.41, 5.74) is 2.14. The van der Waals surface area contributed by atoms with Crippen LogP contribution in [0.4, 0.5) is 0 Å². The number of fused-ring (bicyclic) bond motifs is 1. The minimum atomic E-state index is -0.368. The van der Waals surface area contributed by atoms with Crippen LogP contribution in [0.1, 0.15) is 30.8 Å². The molecule has 8 heteroatoms. The fraction of sp³-hybridized carbons (Fsp3) is 0.320. The molecule has 0 saturated carbocycles. The van der Waals surface area contributed by atoms with Crippen molar-refractivity contribution in [3.63, 3.8) is 0 Å². The first kappa shape index (κ1) is 23.2. The lowest BCUT2D eigenvalue weighted by Crippen LogP contribution is -2.41. The summed E-state index contributed by atoms with van der Waals surface area (Å²) in [6, 6.07) is 17.7. The number of hydrogen-bond donors (Lipinski definition) is 1. The Hall–Kier alpha value is -2.97. The minimum Gasteiger partial charge on any atom is -0.375 e. The summed E-state index contributed by atoms with van der Waals surface area (Å²) in [6.45, 7) is 5.41. The van der Waals surface area contributed by atoms with Crippen LogP contribution in [0.15, 0.2) is 68.7 Å². The van der Waals surface area contributed by atoms with Crippen LogP contribution < -0.4 is 11.2 Å². The Labute approximate surface area is 200 Å². The van der Waals surface area contributed by atoms with Crippen LogP contribution in [0, 0.1) is 5.92 Å². The smallest absolute Gasteiger partial charge is 0.332 e. The van der Waals surface area contributed by atoms with Gasteiger partial charge in [0.2, 0.25) is 0 Å². The van der Waals surface area contributed by atoms with E-state index in [0.717, 1.165) is 15.6 Å². The molecule has 172 valence electrons. The predicted octanol–water partition coefficient (Wildman–Crippen LogP) is 4.11. The van der Waals surface area contributed by atoms with Crippen LogP contribution in [0.5, 0.6) is 0 Å². The van der Waals surface area contributed by atoms with E-state index in [1.54, 1.807) is 4.57 Å². The number of hydrogen-bond acceptors (Lipinski definition) is 4. The van der Waals surface area contributed by atoms with Crippen LogP contribution >= 0.6 is 15.9 Å². The Kier molecular flexibility index (Phi) is 7.25. The van der Waals surface area contributed by atoms with Gasteiger partial charge in [-0.15, -0.1) is 0 Å². The Morgan fingerprint density at radius 2 is 1.73 bits per heavy atom. The number of H-pyrrole nitrogens is 1. The zero-order chi connectivity index (χ0) is 23.4. The summed E-state index contributed by atoms with van der Waals surface area (Å²) >= 11 is 3.44. The molecule has 2 aromatic heterocycles. The first-order valence-electron chi connectivity index (χ1n) is 11.0. The molecule has 33 heavy (non-hydrogen) atoms. The van der Waals surface area contributed by atoms with E-state index in [4.69, 9.17) is 4.74 Å². The molecule has 2 aromatic carbocycles. The normalized spacial score (nSPS) is 11.5. The van der Waals surface area contributed by atoms with Crippen molar-refractivity contribution in [2.24, 2.45) is 5.92 Å². The number of aromatic amines is 1. The Bertz CT molecular complexity index is 1340.